The van der Waals surface area contributed by atoms with Crippen molar-refractivity contribution in [2.75, 3.05) is 5.73 Å². The first-order valence-electron chi connectivity index (χ1n) is 7.26. The highest BCUT2D eigenvalue weighted by Crippen LogP contribution is 2.39. The zero-order valence-electron chi connectivity index (χ0n) is 12.9. The Morgan fingerprint density at radius 3 is 2.24 bits per heavy atom. The number of anilines is 1. The molecule has 0 aliphatic heterocycles. The summed E-state index contributed by atoms with van der Waals surface area (Å²) in [7, 11) is 3.95. The van der Waals surface area contributed by atoms with Crippen LogP contribution in [0.1, 0.15) is 0 Å². The number of nitrogens with two attached hydrogens (primary N) is 1. The van der Waals surface area contributed by atoms with Crippen molar-refractivity contribution < 1.29 is 0 Å². The van der Waals surface area contributed by atoms with E-state index in [-0.39, 0.29) is 0 Å². The maximum Gasteiger partial charge on any atom is 0.0433 e. The Kier molecular flexibility index (Phi) is 6.63. The normalized spacial score (nSPS) is 10.1. The fourth-order valence-electron chi connectivity index (χ4n) is 2.69. The zero-order chi connectivity index (χ0) is 17.6. The largest absolute Gasteiger partial charge is 0.399 e. The van der Waals surface area contributed by atoms with Gasteiger partial charge in [-0.1, -0.05) is 48.5 Å². The molecule has 0 fully saturated rings. The second-order valence-corrected chi connectivity index (χ2v) is 11.5. The number of hydrogen-bond acceptors (Lipinski definition) is 4. The molecule has 2 N–H and O–H groups in total. The van der Waals surface area contributed by atoms with E-state index in [2.05, 4.69) is 70.9 Å². The Labute approximate surface area is 168 Å². The molecule has 0 spiro atoms. The van der Waals surface area contributed by atoms with Crippen LogP contribution in [0.3, 0.4) is 0 Å². The summed E-state index contributed by atoms with van der Waals surface area (Å²) in [4.78, 5) is 0. The van der Waals surface area contributed by atoms with Gasteiger partial charge in [-0.3, -0.25) is 0 Å². The molecule has 0 radical (unpaired) electrons. The zero-order valence-corrected chi connectivity index (χ0v) is 17.8. The van der Waals surface area contributed by atoms with Gasteiger partial charge in [-0.25, -0.2) is 0 Å². The highest BCUT2D eigenvalue weighted by molar-refractivity contribution is 8.59. The maximum atomic E-state index is 5.92. The van der Waals surface area contributed by atoms with Gasteiger partial charge in [0.15, 0.2) is 0 Å². The lowest BCUT2D eigenvalue weighted by Gasteiger charge is -2.04. The summed E-state index contributed by atoms with van der Waals surface area (Å²) in [5, 5.41) is 2.66. The van der Waals surface area contributed by atoms with Gasteiger partial charge in [0, 0.05) is 74.9 Å². The van der Waals surface area contributed by atoms with Crippen molar-refractivity contribution in [2.24, 2.45) is 0 Å². The fourth-order valence-corrected chi connectivity index (χ4v) is 6.67. The summed E-state index contributed by atoms with van der Waals surface area (Å²) in [6, 6.07) is 23.2. The molecule has 3 aromatic carbocycles. The van der Waals surface area contributed by atoms with Gasteiger partial charge < -0.3 is 5.73 Å². The van der Waals surface area contributed by atoms with E-state index in [0.29, 0.717) is 0 Å². The maximum absolute atomic E-state index is 5.92. The molecule has 4 aromatic rings. The van der Waals surface area contributed by atoms with E-state index >= 15 is 0 Å². The Balaban J connectivity index is 0.000000324. The van der Waals surface area contributed by atoms with Gasteiger partial charge in [0.25, 0.3) is 0 Å². The van der Waals surface area contributed by atoms with E-state index in [4.69, 9.17) is 5.73 Å². The average molecular weight is 436 g/mol. The van der Waals surface area contributed by atoms with Crippen molar-refractivity contribution in [1.82, 2.24) is 0 Å². The summed E-state index contributed by atoms with van der Waals surface area (Å²) < 4.78 is 2.66. The van der Waals surface area contributed by atoms with Gasteiger partial charge in [0.2, 0.25) is 0 Å². The highest BCUT2D eigenvalue weighted by Gasteiger charge is 2.09. The molecule has 0 saturated carbocycles. The van der Waals surface area contributed by atoms with Crippen molar-refractivity contribution in [1.29, 1.82) is 0 Å². The van der Waals surface area contributed by atoms with Crippen LogP contribution in [0.15, 0.2) is 66.7 Å². The first kappa shape index (κ1) is 18.6. The number of fused-ring (bicyclic) bond motifs is 3. The van der Waals surface area contributed by atoms with Crippen LogP contribution in [-0.4, -0.2) is 0 Å². The molecular formula is C18H13NS6. The quantitative estimate of drug-likeness (QED) is 0.411. The van der Waals surface area contributed by atoms with Crippen LogP contribution in [-0.2, 0) is 49.0 Å². The van der Waals surface area contributed by atoms with E-state index < -0.39 is 0 Å². The van der Waals surface area contributed by atoms with Gasteiger partial charge in [-0.15, -0.1) is 11.3 Å². The SMILES string of the molecule is Nc1cccc(-c2cccc3c2sc2ccccc23)c1.S=S=S=S=S. The summed E-state index contributed by atoms with van der Waals surface area (Å²) in [6.07, 6.45) is 0. The van der Waals surface area contributed by atoms with Crippen LogP contribution in [0.5, 0.6) is 0 Å². The van der Waals surface area contributed by atoms with E-state index in [1.54, 1.807) is 0 Å². The third-order valence-electron chi connectivity index (χ3n) is 3.66. The standard InChI is InChI=1S/C18H13NS.S5/c19-13-6-3-5-12(11-13)14-8-4-9-16-15-7-1-2-10-17(15)20-18(14)16;1-3-5-4-2/h1-11H,19H2;. The Hall–Kier alpha value is -1.22. The van der Waals surface area contributed by atoms with E-state index in [1.165, 1.54) is 57.9 Å². The van der Waals surface area contributed by atoms with Gasteiger partial charge >= 0.3 is 0 Å². The van der Waals surface area contributed by atoms with Crippen molar-refractivity contribution in [3.05, 3.63) is 66.7 Å². The molecule has 1 nitrogen and oxygen atoms in total. The Bertz CT molecular complexity index is 1150. The van der Waals surface area contributed by atoms with E-state index in [0.717, 1.165) is 5.69 Å². The average Bonchev–Trinajstić information content (AvgIpc) is 3.02. The summed E-state index contributed by atoms with van der Waals surface area (Å²) in [6.45, 7) is 0. The third-order valence-corrected chi connectivity index (χ3v) is 9.32. The minimum absolute atomic E-state index is 0.806. The number of benzene rings is 3. The van der Waals surface area contributed by atoms with Crippen LogP contribution in [0.25, 0.3) is 31.3 Å². The van der Waals surface area contributed by atoms with Crippen molar-refractivity contribution in [3.8, 4) is 11.1 Å². The number of thiophene rings is 1. The summed E-state index contributed by atoms with van der Waals surface area (Å²) in [5.41, 5.74) is 9.17. The number of rotatable bonds is 1. The van der Waals surface area contributed by atoms with Crippen molar-refractivity contribution in [2.45, 2.75) is 0 Å². The molecule has 0 bridgehead atoms. The van der Waals surface area contributed by atoms with Crippen molar-refractivity contribution >= 4 is 86.2 Å². The monoisotopic (exact) mass is 435 g/mol. The molecule has 0 atom stereocenters. The lowest BCUT2D eigenvalue weighted by atomic mass is 10.0. The fraction of sp³-hybridized carbons (Fsp3) is 0. The first-order valence-corrected chi connectivity index (χ1v) is 13.4. The van der Waals surface area contributed by atoms with Crippen molar-refractivity contribution in [3.63, 3.8) is 0 Å². The predicted octanol–water partition coefficient (Wildman–Crippen LogP) is 5.29. The number of hydrogen-bond donors (Lipinski definition) is 1. The van der Waals surface area contributed by atoms with E-state index in [9.17, 15) is 0 Å². The molecular weight excluding hydrogens is 423 g/mol. The van der Waals surface area contributed by atoms with Crippen LogP contribution in [0.2, 0.25) is 0 Å². The molecule has 0 aliphatic rings. The first-order chi connectivity index (χ1) is 12.2. The van der Waals surface area contributed by atoms with Gasteiger partial charge in [0.1, 0.15) is 0 Å². The number of nitrogen functional groups attached to an aromatic ring is 1. The molecule has 7 heteroatoms. The minimum atomic E-state index is 0.806. The molecule has 0 aliphatic carbocycles. The predicted molar refractivity (Wildman–Crippen MR) is 126 cm³/mol. The molecule has 0 unspecified atom stereocenters. The molecule has 0 saturated heterocycles. The lowest BCUT2D eigenvalue weighted by Crippen LogP contribution is -1.85. The Morgan fingerprint density at radius 2 is 1.52 bits per heavy atom. The van der Waals surface area contributed by atoms with Crippen LogP contribution in [0.4, 0.5) is 5.69 Å². The molecule has 1 aromatic heterocycles. The molecule has 4 rings (SSSR count). The van der Waals surface area contributed by atoms with Gasteiger partial charge in [-0.05, 0) is 29.3 Å². The second kappa shape index (κ2) is 8.93. The molecule has 0 amide bonds. The molecule has 126 valence electrons. The van der Waals surface area contributed by atoms with Crippen LogP contribution >= 0.6 is 11.3 Å². The minimum Gasteiger partial charge on any atom is -0.399 e. The lowest BCUT2D eigenvalue weighted by molar-refractivity contribution is 1.66. The van der Waals surface area contributed by atoms with Crippen LogP contribution in [0, 0.1) is 0 Å². The van der Waals surface area contributed by atoms with Gasteiger partial charge in [-0.2, -0.15) is 0 Å². The van der Waals surface area contributed by atoms with Crippen LogP contribution < -0.4 is 5.73 Å². The topological polar surface area (TPSA) is 26.0 Å². The highest BCUT2D eigenvalue weighted by atomic mass is 33.3. The Morgan fingerprint density at radius 1 is 0.800 bits per heavy atom. The second-order valence-electron chi connectivity index (χ2n) is 5.11. The third kappa shape index (κ3) is 4.31. The van der Waals surface area contributed by atoms with E-state index in [1.807, 2.05) is 29.5 Å². The molecule has 1 heterocycles. The summed E-state index contributed by atoms with van der Waals surface area (Å²) in [5.74, 6) is 0. The molecule has 25 heavy (non-hydrogen) atoms. The smallest absolute Gasteiger partial charge is 0.0433 e. The summed E-state index contributed by atoms with van der Waals surface area (Å²) >= 11 is 10.7. The van der Waals surface area contributed by atoms with Gasteiger partial charge in [0.05, 0.1) is 0 Å².